The lowest BCUT2D eigenvalue weighted by molar-refractivity contribution is -0.141. The van der Waals surface area contributed by atoms with Crippen LogP contribution in [0.2, 0.25) is 0 Å². The molecular formula is C21H24F3N5O. The Kier molecular flexibility index (Phi) is 6.28. The van der Waals surface area contributed by atoms with Crippen molar-refractivity contribution >= 4 is 5.91 Å². The van der Waals surface area contributed by atoms with E-state index in [1.807, 2.05) is 36.7 Å². The van der Waals surface area contributed by atoms with Crippen molar-refractivity contribution in [1.82, 2.24) is 24.9 Å². The SMILES string of the molecule is Cc1cc(C)n(Cc2ccc(C(=O)NCCCn3nc(C(F)(F)F)cc3C)cc2)n1. The summed E-state index contributed by atoms with van der Waals surface area (Å²) >= 11 is 0. The van der Waals surface area contributed by atoms with Crippen molar-refractivity contribution < 1.29 is 18.0 Å². The Morgan fingerprint density at radius 1 is 1.00 bits per heavy atom. The fourth-order valence-corrected chi connectivity index (χ4v) is 3.18. The molecule has 6 nitrogen and oxygen atoms in total. The zero-order chi connectivity index (χ0) is 21.9. The van der Waals surface area contributed by atoms with Crippen molar-refractivity contribution in [2.45, 2.75) is 46.5 Å². The summed E-state index contributed by atoms with van der Waals surface area (Å²) < 4.78 is 41.3. The Balaban J connectivity index is 1.48. The average Bonchev–Trinajstić information content (AvgIpc) is 3.20. The zero-order valence-electron chi connectivity index (χ0n) is 17.1. The molecule has 30 heavy (non-hydrogen) atoms. The van der Waals surface area contributed by atoms with Crippen LogP contribution in [0, 0.1) is 20.8 Å². The first-order chi connectivity index (χ1) is 14.1. The number of carbonyl (C=O) groups is 1. The molecule has 2 heterocycles. The molecule has 0 fully saturated rings. The number of hydrogen-bond donors (Lipinski definition) is 1. The number of alkyl halides is 3. The molecule has 0 saturated heterocycles. The van der Waals surface area contributed by atoms with Crippen molar-refractivity contribution in [1.29, 1.82) is 0 Å². The third kappa shape index (κ3) is 5.28. The highest BCUT2D eigenvalue weighted by atomic mass is 19.4. The molecule has 1 amide bonds. The second kappa shape index (κ2) is 8.73. The highest BCUT2D eigenvalue weighted by molar-refractivity contribution is 5.94. The van der Waals surface area contributed by atoms with Gasteiger partial charge in [-0.15, -0.1) is 0 Å². The number of hydrogen-bond acceptors (Lipinski definition) is 3. The number of carbonyl (C=O) groups excluding carboxylic acids is 1. The highest BCUT2D eigenvalue weighted by Gasteiger charge is 2.34. The van der Waals surface area contributed by atoms with Gasteiger partial charge in [0.15, 0.2) is 5.69 Å². The molecule has 0 radical (unpaired) electrons. The molecule has 9 heteroatoms. The number of nitrogens with one attached hydrogen (secondary N) is 1. The summed E-state index contributed by atoms with van der Waals surface area (Å²) in [6.45, 7) is 6.78. The van der Waals surface area contributed by atoms with Crippen LogP contribution < -0.4 is 5.32 Å². The predicted octanol–water partition coefficient (Wildman–Crippen LogP) is 3.89. The molecule has 1 aromatic carbocycles. The van der Waals surface area contributed by atoms with E-state index in [0.29, 0.717) is 37.3 Å². The minimum absolute atomic E-state index is 0.221. The third-order valence-corrected chi connectivity index (χ3v) is 4.76. The molecule has 160 valence electrons. The lowest BCUT2D eigenvalue weighted by atomic mass is 10.1. The summed E-state index contributed by atoms with van der Waals surface area (Å²) in [5.74, 6) is -0.221. The largest absolute Gasteiger partial charge is 0.435 e. The maximum atomic E-state index is 12.7. The Hall–Kier alpha value is -3.10. The first kappa shape index (κ1) is 21.6. The third-order valence-electron chi connectivity index (χ3n) is 4.76. The minimum atomic E-state index is -4.45. The summed E-state index contributed by atoms with van der Waals surface area (Å²) in [6.07, 6.45) is -3.98. The number of aromatic nitrogens is 4. The first-order valence-electron chi connectivity index (χ1n) is 9.63. The van der Waals surface area contributed by atoms with Gasteiger partial charge in [-0.25, -0.2) is 0 Å². The van der Waals surface area contributed by atoms with Crippen molar-refractivity contribution in [2.24, 2.45) is 0 Å². The molecule has 0 aliphatic carbocycles. The Labute approximate surface area is 172 Å². The average molecular weight is 419 g/mol. The highest BCUT2D eigenvalue weighted by Crippen LogP contribution is 2.28. The summed E-state index contributed by atoms with van der Waals surface area (Å²) in [4.78, 5) is 12.3. The molecule has 3 aromatic rings. The number of halogens is 3. The normalized spacial score (nSPS) is 11.7. The van der Waals surface area contributed by atoms with Crippen molar-refractivity contribution in [3.63, 3.8) is 0 Å². The second-order valence-electron chi connectivity index (χ2n) is 7.28. The quantitative estimate of drug-likeness (QED) is 0.591. The van der Waals surface area contributed by atoms with E-state index in [9.17, 15) is 18.0 Å². The first-order valence-corrected chi connectivity index (χ1v) is 9.63. The van der Waals surface area contributed by atoms with Crippen LogP contribution in [-0.2, 0) is 19.3 Å². The van der Waals surface area contributed by atoms with Gasteiger partial charge in [0.2, 0.25) is 0 Å². The van der Waals surface area contributed by atoms with E-state index >= 15 is 0 Å². The smallest absolute Gasteiger partial charge is 0.352 e. The zero-order valence-corrected chi connectivity index (χ0v) is 17.1. The van der Waals surface area contributed by atoms with Crippen LogP contribution in [0.5, 0.6) is 0 Å². The minimum Gasteiger partial charge on any atom is -0.352 e. The van der Waals surface area contributed by atoms with E-state index in [0.717, 1.165) is 23.0 Å². The topological polar surface area (TPSA) is 64.7 Å². The van der Waals surface area contributed by atoms with Crippen LogP contribution in [-0.4, -0.2) is 32.0 Å². The monoisotopic (exact) mass is 419 g/mol. The van der Waals surface area contributed by atoms with Crippen LogP contribution in [0.25, 0.3) is 0 Å². The van der Waals surface area contributed by atoms with E-state index in [4.69, 9.17) is 0 Å². The maximum Gasteiger partial charge on any atom is 0.435 e. The standard InChI is InChI=1S/C21H24F3N5O/c1-14-11-15(2)29(26-14)13-17-5-7-18(8-6-17)20(30)25-9-4-10-28-16(3)12-19(27-28)21(22,23)24/h5-8,11-12H,4,9-10,13H2,1-3H3,(H,25,30). The van der Waals surface area contributed by atoms with E-state index in [1.54, 1.807) is 19.1 Å². The summed E-state index contributed by atoms with van der Waals surface area (Å²) in [5.41, 5.74) is 3.14. The lowest BCUT2D eigenvalue weighted by Crippen LogP contribution is -2.25. The van der Waals surface area contributed by atoms with Crippen LogP contribution in [0.15, 0.2) is 36.4 Å². The van der Waals surface area contributed by atoms with E-state index in [2.05, 4.69) is 15.5 Å². The van der Waals surface area contributed by atoms with Gasteiger partial charge in [-0.2, -0.15) is 23.4 Å². The van der Waals surface area contributed by atoms with Gasteiger partial charge in [0.05, 0.1) is 12.2 Å². The molecule has 0 saturated carbocycles. The number of benzene rings is 1. The van der Waals surface area contributed by atoms with Gasteiger partial charge in [0.1, 0.15) is 0 Å². The van der Waals surface area contributed by atoms with Crippen molar-refractivity contribution in [3.05, 3.63) is 70.3 Å². The fraction of sp³-hybridized carbons (Fsp3) is 0.381. The lowest BCUT2D eigenvalue weighted by Gasteiger charge is -2.08. The van der Waals surface area contributed by atoms with E-state index in [1.165, 1.54) is 4.68 Å². The summed E-state index contributed by atoms with van der Waals surface area (Å²) in [6, 6.07) is 10.3. The molecule has 0 unspecified atom stereocenters. The molecule has 0 bridgehead atoms. The molecule has 0 spiro atoms. The van der Waals surface area contributed by atoms with Gasteiger partial charge in [-0.1, -0.05) is 12.1 Å². The van der Waals surface area contributed by atoms with Crippen LogP contribution >= 0.6 is 0 Å². The maximum absolute atomic E-state index is 12.7. The number of amides is 1. The van der Waals surface area contributed by atoms with Gasteiger partial charge < -0.3 is 5.32 Å². The van der Waals surface area contributed by atoms with Gasteiger partial charge in [-0.3, -0.25) is 14.2 Å². The second-order valence-corrected chi connectivity index (χ2v) is 7.28. The number of nitrogens with zero attached hydrogens (tertiary/aromatic N) is 4. The van der Waals surface area contributed by atoms with Crippen molar-refractivity contribution in [3.8, 4) is 0 Å². The van der Waals surface area contributed by atoms with E-state index in [-0.39, 0.29) is 5.91 Å². The number of rotatable bonds is 7. The Bertz CT molecular complexity index is 1020. The molecule has 0 aliphatic rings. The summed E-state index contributed by atoms with van der Waals surface area (Å²) in [7, 11) is 0. The van der Waals surface area contributed by atoms with E-state index < -0.39 is 11.9 Å². The molecular weight excluding hydrogens is 395 g/mol. The fourth-order valence-electron chi connectivity index (χ4n) is 3.18. The van der Waals surface area contributed by atoms with Crippen LogP contribution in [0.1, 0.15) is 45.1 Å². The van der Waals surface area contributed by atoms with Gasteiger partial charge in [0, 0.05) is 30.0 Å². The van der Waals surface area contributed by atoms with Gasteiger partial charge in [-0.05, 0) is 57.0 Å². The van der Waals surface area contributed by atoms with Crippen LogP contribution in [0.4, 0.5) is 13.2 Å². The van der Waals surface area contributed by atoms with Gasteiger partial charge in [0.25, 0.3) is 5.91 Å². The molecule has 1 N–H and O–H groups in total. The molecule has 0 atom stereocenters. The Morgan fingerprint density at radius 3 is 2.23 bits per heavy atom. The predicted molar refractivity (Wildman–Crippen MR) is 106 cm³/mol. The number of aryl methyl sites for hydroxylation is 4. The summed E-state index contributed by atoms with van der Waals surface area (Å²) in [5, 5.41) is 10.8. The molecule has 3 rings (SSSR count). The Morgan fingerprint density at radius 2 is 1.67 bits per heavy atom. The van der Waals surface area contributed by atoms with Crippen LogP contribution in [0.3, 0.4) is 0 Å². The van der Waals surface area contributed by atoms with Crippen molar-refractivity contribution in [2.75, 3.05) is 6.54 Å². The molecule has 0 aliphatic heterocycles. The molecule has 2 aromatic heterocycles. The van der Waals surface area contributed by atoms with Gasteiger partial charge >= 0.3 is 6.18 Å².